The Morgan fingerprint density at radius 2 is 2.25 bits per heavy atom. The highest BCUT2D eigenvalue weighted by atomic mass is 35.5. The maximum atomic E-state index is 11.8. The van der Waals surface area contributed by atoms with Gasteiger partial charge in [0.15, 0.2) is 5.78 Å². The van der Waals surface area contributed by atoms with Crippen molar-refractivity contribution in [2.45, 2.75) is 0 Å². The molecule has 0 fully saturated rings. The van der Waals surface area contributed by atoms with Gasteiger partial charge in [-0.05, 0) is 19.2 Å². The van der Waals surface area contributed by atoms with Crippen LogP contribution in [0.3, 0.4) is 0 Å². The molecular formula is C12H13ClN2O. The molecule has 1 aromatic heterocycles. The van der Waals surface area contributed by atoms with Gasteiger partial charge in [-0.25, -0.2) is 0 Å². The quantitative estimate of drug-likeness (QED) is 0.830. The second-order valence-corrected chi connectivity index (χ2v) is 4.21. The van der Waals surface area contributed by atoms with Crippen LogP contribution in [0.15, 0.2) is 24.4 Å². The van der Waals surface area contributed by atoms with E-state index in [9.17, 15) is 4.79 Å². The molecule has 1 aromatic carbocycles. The molecule has 4 heteroatoms. The van der Waals surface area contributed by atoms with Crippen LogP contribution in [0.5, 0.6) is 0 Å². The van der Waals surface area contributed by atoms with E-state index in [2.05, 4.69) is 5.32 Å². The summed E-state index contributed by atoms with van der Waals surface area (Å²) < 4.78 is 1.92. The molecular weight excluding hydrogens is 224 g/mol. The van der Waals surface area contributed by atoms with Gasteiger partial charge in [-0.2, -0.15) is 0 Å². The van der Waals surface area contributed by atoms with Crippen molar-refractivity contribution in [1.29, 1.82) is 0 Å². The zero-order valence-electron chi connectivity index (χ0n) is 9.25. The number of fused-ring (bicyclic) bond motifs is 1. The molecule has 0 unspecified atom stereocenters. The Labute approximate surface area is 99.0 Å². The first-order valence-corrected chi connectivity index (χ1v) is 5.43. The number of nitrogens with one attached hydrogen (secondary N) is 1. The number of benzene rings is 1. The highest BCUT2D eigenvalue weighted by Gasteiger charge is 2.12. The summed E-state index contributed by atoms with van der Waals surface area (Å²) in [6.07, 6.45) is 1.85. The van der Waals surface area contributed by atoms with Gasteiger partial charge < -0.3 is 9.88 Å². The molecule has 0 radical (unpaired) electrons. The fourth-order valence-corrected chi connectivity index (χ4v) is 2.00. The number of likely N-dealkylation sites (N-methyl/N-ethyl adjacent to an activating group) is 1. The van der Waals surface area contributed by atoms with Crippen LogP contribution in [-0.2, 0) is 7.05 Å². The number of nitrogens with zero attached hydrogens (tertiary/aromatic N) is 1. The summed E-state index contributed by atoms with van der Waals surface area (Å²) in [5, 5.41) is 4.50. The number of Topliss-reactive ketones (excluding diaryl/α,β-unsaturated/α-hetero) is 1. The molecule has 0 aliphatic heterocycles. The SMILES string of the molecule is CNCC(=O)c1cn(C)c2cc(Cl)ccc12. The summed E-state index contributed by atoms with van der Waals surface area (Å²) in [6.45, 7) is 0.349. The van der Waals surface area contributed by atoms with Crippen molar-refractivity contribution in [3.05, 3.63) is 35.0 Å². The molecule has 3 nitrogen and oxygen atoms in total. The van der Waals surface area contributed by atoms with Crippen molar-refractivity contribution in [3.63, 3.8) is 0 Å². The molecule has 0 saturated heterocycles. The van der Waals surface area contributed by atoms with E-state index >= 15 is 0 Å². The van der Waals surface area contributed by atoms with Gasteiger partial charge in [-0.1, -0.05) is 17.7 Å². The van der Waals surface area contributed by atoms with Gasteiger partial charge in [-0.15, -0.1) is 0 Å². The zero-order valence-corrected chi connectivity index (χ0v) is 10.0. The number of ketones is 1. The van der Waals surface area contributed by atoms with Gasteiger partial charge in [-0.3, -0.25) is 4.79 Å². The van der Waals surface area contributed by atoms with E-state index in [0.717, 1.165) is 16.5 Å². The van der Waals surface area contributed by atoms with Crippen LogP contribution in [0, 0.1) is 0 Å². The third-order valence-corrected chi connectivity index (χ3v) is 2.83. The van der Waals surface area contributed by atoms with Crippen LogP contribution in [0.2, 0.25) is 5.02 Å². The molecule has 0 amide bonds. The van der Waals surface area contributed by atoms with Crippen LogP contribution >= 0.6 is 11.6 Å². The normalized spacial score (nSPS) is 10.9. The Morgan fingerprint density at radius 1 is 1.50 bits per heavy atom. The molecule has 1 heterocycles. The van der Waals surface area contributed by atoms with E-state index in [1.165, 1.54) is 0 Å². The monoisotopic (exact) mass is 236 g/mol. The molecule has 0 bridgehead atoms. The zero-order chi connectivity index (χ0) is 11.7. The second kappa shape index (κ2) is 4.28. The van der Waals surface area contributed by atoms with Crippen LogP contribution in [0.1, 0.15) is 10.4 Å². The standard InChI is InChI=1S/C12H13ClN2O/c1-14-6-12(16)10-7-15(2)11-5-8(13)3-4-9(10)11/h3-5,7,14H,6H2,1-2H3. The summed E-state index contributed by atoms with van der Waals surface area (Å²) in [6, 6.07) is 5.56. The highest BCUT2D eigenvalue weighted by Crippen LogP contribution is 2.24. The predicted molar refractivity (Wildman–Crippen MR) is 66.2 cm³/mol. The largest absolute Gasteiger partial charge is 0.350 e. The molecule has 0 atom stereocenters. The van der Waals surface area contributed by atoms with E-state index in [-0.39, 0.29) is 5.78 Å². The molecule has 2 rings (SSSR count). The van der Waals surface area contributed by atoms with Gasteiger partial charge in [0, 0.05) is 34.7 Å². The van der Waals surface area contributed by atoms with Crippen LogP contribution in [0.4, 0.5) is 0 Å². The van der Waals surface area contributed by atoms with Crippen molar-refractivity contribution < 1.29 is 4.79 Å². The van der Waals surface area contributed by atoms with Gasteiger partial charge in [0.2, 0.25) is 0 Å². The summed E-state index contributed by atoms with van der Waals surface area (Å²) in [5.74, 6) is 0.0930. The first-order valence-electron chi connectivity index (χ1n) is 5.06. The Kier molecular flexibility index (Phi) is 2.99. The molecule has 84 valence electrons. The number of carbonyl (C=O) groups excluding carboxylic acids is 1. The number of aromatic nitrogens is 1. The molecule has 16 heavy (non-hydrogen) atoms. The molecule has 1 N–H and O–H groups in total. The Hall–Kier alpha value is -1.32. The highest BCUT2D eigenvalue weighted by molar-refractivity contribution is 6.31. The van der Waals surface area contributed by atoms with Crippen LogP contribution in [-0.4, -0.2) is 23.9 Å². The van der Waals surface area contributed by atoms with E-state index in [0.29, 0.717) is 11.6 Å². The first-order chi connectivity index (χ1) is 7.63. The number of rotatable bonds is 3. The topological polar surface area (TPSA) is 34.0 Å². The Balaban J connectivity index is 2.59. The minimum absolute atomic E-state index is 0.0930. The molecule has 0 spiro atoms. The van der Waals surface area contributed by atoms with Gasteiger partial charge in [0.1, 0.15) is 0 Å². The third-order valence-electron chi connectivity index (χ3n) is 2.59. The number of hydrogen-bond donors (Lipinski definition) is 1. The van der Waals surface area contributed by atoms with E-state index in [1.54, 1.807) is 13.1 Å². The number of hydrogen-bond acceptors (Lipinski definition) is 2. The summed E-state index contributed by atoms with van der Waals surface area (Å²) in [5.41, 5.74) is 1.72. The summed E-state index contributed by atoms with van der Waals surface area (Å²) >= 11 is 5.93. The lowest BCUT2D eigenvalue weighted by molar-refractivity contribution is 0.0995. The number of aryl methyl sites for hydroxylation is 1. The maximum absolute atomic E-state index is 11.8. The fraction of sp³-hybridized carbons (Fsp3) is 0.250. The van der Waals surface area contributed by atoms with Crippen molar-refractivity contribution in [2.24, 2.45) is 7.05 Å². The number of carbonyl (C=O) groups is 1. The third kappa shape index (κ3) is 1.84. The maximum Gasteiger partial charge on any atom is 0.178 e. The average Bonchev–Trinajstić information content (AvgIpc) is 2.56. The Morgan fingerprint density at radius 3 is 2.94 bits per heavy atom. The second-order valence-electron chi connectivity index (χ2n) is 3.77. The lowest BCUT2D eigenvalue weighted by Crippen LogP contribution is -2.18. The minimum atomic E-state index is 0.0930. The van der Waals surface area contributed by atoms with E-state index < -0.39 is 0 Å². The molecule has 0 saturated carbocycles. The molecule has 2 aromatic rings. The van der Waals surface area contributed by atoms with E-state index in [4.69, 9.17) is 11.6 Å². The first kappa shape index (κ1) is 11.2. The summed E-state index contributed by atoms with van der Waals surface area (Å²) in [4.78, 5) is 11.8. The minimum Gasteiger partial charge on any atom is -0.350 e. The van der Waals surface area contributed by atoms with Crippen molar-refractivity contribution in [1.82, 2.24) is 9.88 Å². The molecule has 0 aliphatic carbocycles. The van der Waals surface area contributed by atoms with Crippen molar-refractivity contribution >= 4 is 28.3 Å². The molecule has 0 aliphatic rings. The van der Waals surface area contributed by atoms with Crippen molar-refractivity contribution in [2.75, 3.05) is 13.6 Å². The van der Waals surface area contributed by atoms with Crippen LogP contribution < -0.4 is 5.32 Å². The number of halogens is 1. The smallest absolute Gasteiger partial charge is 0.178 e. The van der Waals surface area contributed by atoms with E-state index in [1.807, 2.05) is 29.9 Å². The lowest BCUT2D eigenvalue weighted by Gasteiger charge is -1.98. The van der Waals surface area contributed by atoms with Gasteiger partial charge in [0.05, 0.1) is 6.54 Å². The predicted octanol–water partition coefficient (Wildman–Crippen LogP) is 2.23. The fourth-order valence-electron chi connectivity index (χ4n) is 1.84. The van der Waals surface area contributed by atoms with Crippen molar-refractivity contribution in [3.8, 4) is 0 Å². The van der Waals surface area contributed by atoms with Crippen LogP contribution in [0.25, 0.3) is 10.9 Å². The summed E-state index contributed by atoms with van der Waals surface area (Å²) in [7, 11) is 3.68. The average molecular weight is 237 g/mol. The Bertz CT molecular complexity index is 545. The van der Waals surface area contributed by atoms with Gasteiger partial charge >= 0.3 is 0 Å². The lowest BCUT2D eigenvalue weighted by atomic mass is 10.1. The van der Waals surface area contributed by atoms with Gasteiger partial charge in [0.25, 0.3) is 0 Å².